The van der Waals surface area contributed by atoms with Gasteiger partial charge in [-0.1, -0.05) is 13.8 Å². The predicted molar refractivity (Wildman–Crippen MR) is 133 cm³/mol. The second kappa shape index (κ2) is 10.5. The Morgan fingerprint density at radius 1 is 1.26 bits per heavy atom. The van der Waals surface area contributed by atoms with Gasteiger partial charge in [-0.15, -0.1) is 0 Å². The Balaban J connectivity index is 1.28. The van der Waals surface area contributed by atoms with Crippen molar-refractivity contribution in [2.45, 2.75) is 89.1 Å². The van der Waals surface area contributed by atoms with Crippen LogP contribution in [-0.2, 0) is 27.1 Å². The zero-order valence-corrected chi connectivity index (χ0v) is 22.3. The van der Waals surface area contributed by atoms with Crippen LogP contribution in [0.15, 0.2) is 12.1 Å². The number of alkyl halides is 4. The second-order valence-electron chi connectivity index (χ2n) is 11.6. The number of halogens is 4. The number of pyridine rings is 1. The summed E-state index contributed by atoms with van der Waals surface area (Å²) in [5, 5.41) is 3.75. The van der Waals surface area contributed by atoms with Gasteiger partial charge >= 0.3 is 6.18 Å². The van der Waals surface area contributed by atoms with Gasteiger partial charge in [0.2, 0.25) is 5.91 Å². The topological polar surface area (TPSA) is 66.9 Å². The zero-order chi connectivity index (χ0) is 27.2. The van der Waals surface area contributed by atoms with Crippen LogP contribution in [0.2, 0.25) is 0 Å². The number of carbonyl (C=O) groups is 1. The van der Waals surface area contributed by atoms with Gasteiger partial charge in [-0.3, -0.25) is 4.79 Å². The first-order chi connectivity index (χ1) is 18.1. The van der Waals surface area contributed by atoms with Gasteiger partial charge in [-0.2, -0.15) is 13.2 Å². The van der Waals surface area contributed by atoms with E-state index in [2.05, 4.69) is 24.1 Å². The summed E-state index contributed by atoms with van der Waals surface area (Å²) in [6.07, 6.45) is -0.600. The highest BCUT2D eigenvalue weighted by Gasteiger charge is 2.54. The van der Waals surface area contributed by atoms with Crippen LogP contribution in [0.5, 0.6) is 0 Å². The van der Waals surface area contributed by atoms with Gasteiger partial charge < -0.3 is 24.6 Å². The number of carbonyl (C=O) groups excluding carboxylic acids is 1. The molecule has 0 spiro atoms. The lowest BCUT2D eigenvalue weighted by Crippen LogP contribution is -2.55. The number of nitrogens with zero attached hydrogens (tertiary/aromatic N) is 3. The highest BCUT2D eigenvalue weighted by atomic mass is 19.4. The Bertz CT molecular complexity index is 1020. The summed E-state index contributed by atoms with van der Waals surface area (Å²) in [6.45, 7) is 5.34. The van der Waals surface area contributed by atoms with Crippen molar-refractivity contribution in [3.8, 4) is 0 Å². The number of ether oxygens (including phenoxy) is 2. The van der Waals surface area contributed by atoms with Crippen molar-refractivity contribution in [2.24, 2.45) is 11.3 Å². The highest BCUT2D eigenvalue weighted by Crippen LogP contribution is 2.48. The summed E-state index contributed by atoms with van der Waals surface area (Å²) < 4.78 is 64.6. The third-order valence-corrected chi connectivity index (χ3v) is 9.26. The monoisotopic (exact) mass is 542 g/mol. The number of rotatable bonds is 7. The molecule has 1 amide bonds. The highest BCUT2D eigenvalue weighted by molar-refractivity contribution is 5.84. The molecule has 3 saturated heterocycles. The van der Waals surface area contributed by atoms with Crippen molar-refractivity contribution in [2.75, 3.05) is 38.3 Å². The fourth-order valence-corrected chi connectivity index (χ4v) is 7.09. The third-order valence-electron chi connectivity index (χ3n) is 9.26. The minimum Gasteiger partial charge on any atom is -0.379 e. The smallest absolute Gasteiger partial charge is 0.379 e. The summed E-state index contributed by atoms with van der Waals surface area (Å²) >= 11 is 0. The summed E-state index contributed by atoms with van der Waals surface area (Å²) in [5.41, 5.74) is -1.45. The van der Waals surface area contributed by atoms with Crippen LogP contribution in [-0.4, -0.2) is 79.5 Å². The maximum Gasteiger partial charge on any atom is 0.433 e. The number of nitrogens with one attached hydrogen (secondary N) is 1. The van der Waals surface area contributed by atoms with Crippen LogP contribution < -0.4 is 10.2 Å². The molecule has 38 heavy (non-hydrogen) atoms. The number of piperazine rings is 1. The molecule has 0 unspecified atom stereocenters. The summed E-state index contributed by atoms with van der Waals surface area (Å²) in [6, 6.07) is 2.65. The van der Waals surface area contributed by atoms with Crippen LogP contribution in [0.25, 0.3) is 0 Å². The lowest BCUT2D eigenvalue weighted by molar-refractivity contribution is -0.146. The molecular weight excluding hydrogens is 504 g/mol. The molecule has 4 aliphatic rings. The van der Waals surface area contributed by atoms with E-state index in [0.717, 1.165) is 31.7 Å². The van der Waals surface area contributed by atoms with Crippen molar-refractivity contribution in [1.29, 1.82) is 0 Å². The number of amides is 1. The predicted octanol–water partition coefficient (Wildman–Crippen LogP) is 3.95. The van der Waals surface area contributed by atoms with E-state index in [1.165, 1.54) is 6.07 Å². The number of aromatic nitrogens is 1. The third kappa shape index (κ3) is 5.01. The lowest BCUT2D eigenvalue weighted by Gasteiger charge is -2.42. The maximum atomic E-state index is 14.1. The number of likely N-dealkylation sites (tertiary alicyclic amines) is 1. The van der Waals surface area contributed by atoms with Crippen LogP contribution in [0.3, 0.4) is 0 Å². The Hall–Kier alpha value is -1.98. The van der Waals surface area contributed by atoms with E-state index < -0.39 is 24.0 Å². The summed E-state index contributed by atoms with van der Waals surface area (Å²) in [4.78, 5) is 21.4. The molecule has 1 N–H and O–H groups in total. The van der Waals surface area contributed by atoms with Crippen LogP contribution in [0, 0.1) is 11.3 Å². The normalized spacial score (nSPS) is 33.5. The molecule has 11 heteroatoms. The number of fused-ring (bicyclic) bond motifs is 2. The van der Waals surface area contributed by atoms with Crippen LogP contribution in [0.4, 0.5) is 23.2 Å². The first kappa shape index (κ1) is 27.6. The molecule has 1 aliphatic carbocycles. The van der Waals surface area contributed by atoms with E-state index in [1.54, 1.807) is 7.11 Å². The minimum absolute atomic E-state index is 0.00207. The second-order valence-corrected chi connectivity index (χ2v) is 11.6. The number of hydrogen-bond donors (Lipinski definition) is 1. The Morgan fingerprint density at radius 2 is 2.05 bits per heavy atom. The molecule has 6 atom stereocenters. The number of methoxy groups -OCH3 is 1. The average molecular weight is 543 g/mol. The van der Waals surface area contributed by atoms with Gasteiger partial charge in [0.15, 0.2) is 0 Å². The molecule has 1 aromatic heterocycles. The van der Waals surface area contributed by atoms with E-state index in [0.29, 0.717) is 38.4 Å². The molecule has 1 aromatic rings. The Labute approximate surface area is 221 Å². The van der Waals surface area contributed by atoms with Gasteiger partial charge in [0, 0.05) is 50.6 Å². The van der Waals surface area contributed by atoms with Crippen molar-refractivity contribution in [3.63, 3.8) is 0 Å². The minimum atomic E-state index is -4.65. The van der Waals surface area contributed by atoms with Gasteiger partial charge in [0.05, 0.1) is 29.9 Å². The Kier molecular flexibility index (Phi) is 7.65. The fourth-order valence-electron chi connectivity index (χ4n) is 7.09. The fraction of sp³-hybridized carbons (Fsp3) is 0.778. The molecule has 3 aliphatic heterocycles. The van der Waals surface area contributed by atoms with Crippen molar-refractivity contribution >= 4 is 11.6 Å². The first-order valence-electron chi connectivity index (χ1n) is 13.6. The zero-order valence-electron chi connectivity index (χ0n) is 22.3. The van der Waals surface area contributed by atoms with Crippen molar-refractivity contribution in [1.82, 2.24) is 15.2 Å². The molecule has 0 radical (unpaired) electrons. The number of anilines is 1. The molecule has 4 fully saturated rings. The molecule has 4 heterocycles. The SMILES string of the molecule is CO[C@@H]1COCC[C@@H]1N[C@@H]1CC[C@@](C(=O)N2C[C@@H]3C[C@H]2CN3c2cc(CF)nc(C(F)(F)F)c2)(C(C)C)C1. The maximum absolute atomic E-state index is 14.1. The summed E-state index contributed by atoms with van der Waals surface area (Å²) in [5.74, 6) is 0.320. The van der Waals surface area contributed by atoms with E-state index in [-0.39, 0.29) is 47.8 Å². The largest absolute Gasteiger partial charge is 0.433 e. The van der Waals surface area contributed by atoms with Gasteiger partial charge in [-0.05, 0) is 50.2 Å². The molecule has 0 aromatic carbocycles. The molecule has 7 nitrogen and oxygen atoms in total. The average Bonchev–Trinajstić information content (AvgIpc) is 3.63. The molecule has 1 saturated carbocycles. The summed E-state index contributed by atoms with van der Waals surface area (Å²) in [7, 11) is 1.70. The van der Waals surface area contributed by atoms with E-state index >= 15 is 0 Å². The first-order valence-corrected chi connectivity index (χ1v) is 13.6. The quantitative estimate of drug-likeness (QED) is 0.527. The van der Waals surface area contributed by atoms with Gasteiger partial charge in [-0.25, -0.2) is 9.37 Å². The van der Waals surface area contributed by atoms with Crippen molar-refractivity contribution < 1.29 is 31.8 Å². The van der Waals surface area contributed by atoms with E-state index in [1.807, 2.05) is 9.80 Å². The van der Waals surface area contributed by atoms with Gasteiger partial charge in [0.25, 0.3) is 0 Å². The molecular formula is C27H38F4N4O3. The molecule has 2 bridgehead atoms. The molecule has 212 valence electrons. The lowest BCUT2D eigenvalue weighted by atomic mass is 9.74. The van der Waals surface area contributed by atoms with E-state index in [4.69, 9.17) is 9.47 Å². The number of hydrogen-bond acceptors (Lipinski definition) is 6. The Morgan fingerprint density at radius 3 is 2.68 bits per heavy atom. The van der Waals surface area contributed by atoms with Crippen molar-refractivity contribution in [3.05, 3.63) is 23.5 Å². The molecule has 5 rings (SSSR count). The van der Waals surface area contributed by atoms with Gasteiger partial charge in [0.1, 0.15) is 12.4 Å². The standard InChI is InChI=1S/C27H38F4N4O3/c1-16(2)26(6-4-17(11-26)32-22-5-7-38-15-23(22)37-3)25(36)35-14-20-9-21(35)13-34(20)19-8-18(12-28)33-24(10-19)27(29,30)31/h8,10,16-17,20-23,32H,4-7,9,11-15H2,1-3H3/t17-,20+,21+,22+,23-,26+/m1/s1. The van der Waals surface area contributed by atoms with Crippen LogP contribution >= 0.6 is 0 Å². The van der Waals surface area contributed by atoms with E-state index in [9.17, 15) is 22.4 Å². The van der Waals surface area contributed by atoms with Crippen LogP contribution in [0.1, 0.15) is 57.3 Å².